The zero-order chi connectivity index (χ0) is 17.0. The highest BCUT2D eigenvalue weighted by Gasteiger charge is 2.28. The Labute approximate surface area is 143 Å². The van der Waals surface area contributed by atoms with Crippen LogP contribution in [0.3, 0.4) is 0 Å². The average molecular weight is 318 g/mol. The van der Waals surface area contributed by atoms with Gasteiger partial charge in [0.05, 0.1) is 0 Å². The second-order valence-electron chi connectivity index (χ2n) is 6.35. The third-order valence-electron chi connectivity index (χ3n) is 4.84. The number of hydrogen-bond donors (Lipinski definition) is 2. The molecule has 0 saturated heterocycles. The van der Waals surface area contributed by atoms with Gasteiger partial charge in [-0.2, -0.15) is 0 Å². The van der Waals surface area contributed by atoms with Gasteiger partial charge in [-0.25, -0.2) is 0 Å². The van der Waals surface area contributed by atoms with Crippen molar-refractivity contribution in [1.29, 1.82) is 0 Å². The molecular weight excluding hydrogens is 282 g/mol. The Balaban J connectivity index is 0.000000925. The largest absolute Gasteiger partial charge is 0.364 e. The molecule has 2 heterocycles. The first-order chi connectivity index (χ1) is 11.1. The van der Waals surface area contributed by atoms with E-state index in [4.69, 9.17) is 0 Å². The molecule has 0 saturated carbocycles. The third-order valence-corrected chi connectivity index (χ3v) is 4.84. The Morgan fingerprint density at radius 2 is 1.74 bits per heavy atom. The summed E-state index contributed by atoms with van der Waals surface area (Å²) in [6.07, 6.45) is 3.57. The molecule has 0 amide bonds. The number of aryl methyl sites for hydroxylation is 3. The predicted molar refractivity (Wildman–Crippen MR) is 102 cm³/mol. The van der Waals surface area contributed by atoms with Gasteiger partial charge in [-0.05, 0) is 49.1 Å². The van der Waals surface area contributed by atoms with Gasteiger partial charge in [-0.1, -0.05) is 39.8 Å². The van der Waals surface area contributed by atoms with E-state index in [9.17, 15) is 0 Å². The minimum atomic E-state index is 0. The van der Waals surface area contributed by atoms with Gasteiger partial charge < -0.3 is 15.5 Å². The molecule has 0 bridgehead atoms. The summed E-state index contributed by atoms with van der Waals surface area (Å²) in [6.45, 7) is 12.9. The van der Waals surface area contributed by atoms with E-state index in [1.54, 1.807) is 0 Å². The minimum absolute atomic E-state index is 0. The lowest BCUT2D eigenvalue weighted by atomic mass is 9.94. The molecule has 2 N–H and O–H groups in total. The van der Waals surface area contributed by atoms with E-state index in [0.717, 1.165) is 32.4 Å². The Morgan fingerprint density at radius 3 is 2.39 bits per heavy atom. The zero-order valence-electron chi connectivity index (χ0n) is 15.7. The highest BCUT2D eigenvalue weighted by atomic mass is 15.2. The highest BCUT2D eigenvalue weighted by Crippen LogP contribution is 2.29. The van der Waals surface area contributed by atoms with E-state index >= 15 is 0 Å². The van der Waals surface area contributed by atoms with Crippen LogP contribution < -0.4 is 10.6 Å². The average Bonchev–Trinajstić information content (AvgIpc) is 2.99. The van der Waals surface area contributed by atoms with Crippen molar-refractivity contribution in [2.24, 2.45) is 0 Å². The summed E-state index contributed by atoms with van der Waals surface area (Å²) in [7, 11) is 2.19. The predicted octanol–water partition coefficient (Wildman–Crippen LogP) is 4.13. The number of nitrogens with one attached hydrogen (secondary N) is 2. The lowest BCUT2D eigenvalue weighted by Gasteiger charge is -2.22. The van der Waals surface area contributed by atoms with E-state index in [1.807, 2.05) is 13.8 Å². The van der Waals surface area contributed by atoms with Gasteiger partial charge in [0.2, 0.25) is 0 Å². The number of benzene rings is 1. The second-order valence-corrected chi connectivity index (χ2v) is 6.35. The van der Waals surface area contributed by atoms with Crippen LogP contribution in [0.2, 0.25) is 0 Å². The summed E-state index contributed by atoms with van der Waals surface area (Å²) in [5, 5.41) is 7.43. The molecule has 1 aromatic carbocycles. The van der Waals surface area contributed by atoms with Crippen LogP contribution in [0.1, 0.15) is 64.0 Å². The van der Waals surface area contributed by atoms with Gasteiger partial charge in [0.1, 0.15) is 6.17 Å². The molecule has 0 aromatic heterocycles. The van der Waals surface area contributed by atoms with E-state index in [2.05, 4.69) is 55.5 Å². The maximum atomic E-state index is 3.72. The lowest BCUT2D eigenvalue weighted by molar-refractivity contribution is 0.343. The van der Waals surface area contributed by atoms with E-state index in [0.29, 0.717) is 0 Å². The van der Waals surface area contributed by atoms with Crippen molar-refractivity contribution >= 4 is 0 Å². The molecule has 1 unspecified atom stereocenters. The van der Waals surface area contributed by atoms with Crippen molar-refractivity contribution < 1.29 is 1.43 Å². The monoisotopic (exact) mass is 317 g/mol. The molecule has 2 aliphatic rings. The topological polar surface area (TPSA) is 27.3 Å². The van der Waals surface area contributed by atoms with E-state index in [1.165, 1.54) is 33.6 Å². The molecular formula is C20H35N3. The molecule has 0 radical (unpaired) electrons. The normalized spacial score (nSPS) is 20.3. The zero-order valence-corrected chi connectivity index (χ0v) is 15.7. The standard InChI is InChI=1S/C18H27N3.C2H6.H2/c1-5-13-10-15(14(6-2)9-12(13)3)18-19-16-7-8-21(4)11-17(16)20-18;1-2;/h9-10,18-20H,5-8,11H2,1-4H3;1-2H3;1H. The van der Waals surface area contributed by atoms with Crippen LogP contribution in [0.4, 0.5) is 0 Å². The van der Waals surface area contributed by atoms with Crippen molar-refractivity contribution in [1.82, 2.24) is 15.5 Å². The minimum Gasteiger partial charge on any atom is -0.364 e. The summed E-state index contributed by atoms with van der Waals surface area (Å²) in [4.78, 5) is 2.38. The van der Waals surface area contributed by atoms with Crippen LogP contribution >= 0.6 is 0 Å². The number of hydrogen-bond acceptors (Lipinski definition) is 3. The first-order valence-corrected chi connectivity index (χ1v) is 9.18. The second kappa shape index (κ2) is 7.87. The van der Waals surface area contributed by atoms with Gasteiger partial charge >= 0.3 is 0 Å². The van der Waals surface area contributed by atoms with Gasteiger partial charge in [0.25, 0.3) is 0 Å². The molecule has 1 atom stereocenters. The Bertz CT molecular complexity index is 580. The maximum absolute atomic E-state index is 3.72. The van der Waals surface area contributed by atoms with Gasteiger partial charge in [-0.15, -0.1) is 0 Å². The smallest absolute Gasteiger partial charge is 0.123 e. The number of likely N-dealkylation sites (N-methyl/N-ethyl adjacent to an activating group) is 1. The van der Waals surface area contributed by atoms with Gasteiger partial charge in [0.15, 0.2) is 0 Å². The van der Waals surface area contributed by atoms with Crippen LogP contribution in [0, 0.1) is 6.92 Å². The fourth-order valence-electron chi connectivity index (χ4n) is 3.52. The molecule has 23 heavy (non-hydrogen) atoms. The molecule has 1 aromatic rings. The molecule has 0 spiro atoms. The van der Waals surface area contributed by atoms with Crippen molar-refractivity contribution in [2.75, 3.05) is 20.1 Å². The fraction of sp³-hybridized carbons (Fsp3) is 0.600. The van der Waals surface area contributed by atoms with Gasteiger partial charge in [0, 0.05) is 32.3 Å². The molecule has 3 heteroatoms. The Hall–Kier alpha value is -1.48. The highest BCUT2D eigenvalue weighted by molar-refractivity contribution is 5.42. The summed E-state index contributed by atoms with van der Waals surface area (Å²) in [6, 6.07) is 4.78. The Kier molecular flexibility index (Phi) is 6.11. The van der Waals surface area contributed by atoms with E-state index < -0.39 is 0 Å². The summed E-state index contributed by atoms with van der Waals surface area (Å²) in [5.41, 5.74) is 8.58. The first kappa shape index (κ1) is 17.9. The van der Waals surface area contributed by atoms with Crippen molar-refractivity contribution in [2.45, 2.75) is 60.0 Å². The SMILES string of the molecule is CC.CCc1cc(C2NC3=C(CN(C)CC3)N2)c(CC)cc1C.[HH]. The quantitative estimate of drug-likeness (QED) is 0.878. The summed E-state index contributed by atoms with van der Waals surface area (Å²) < 4.78 is 0. The molecule has 0 aliphatic carbocycles. The first-order valence-electron chi connectivity index (χ1n) is 9.18. The number of rotatable bonds is 3. The van der Waals surface area contributed by atoms with Crippen molar-refractivity contribution in [3.8, 4) is 0 Å². The number of nitrogens with zero attached hydrogens (tertiary/aromatic N) is 1. The maximum Gasteiger partial charge on any atom is 0.123 e. The molecule has 130 valence electrons. The van der Waals surface area contributed by atoms with Gasteiger partial charge in [-0.3, -0.25) is 0 Å². The molecule has 0 fully saturated rings. The van der Waals surface area contributed by atoms with Crippen LogP contribution in [0.25, 0.3) is 0 Å². The fourth-order valence-corrected chi connectivity index (χ4v) is 3.52. The Morgan fingerprint density at radius 1 is 1.09 bits per heavy atom. The lowest BCUT2D eigenvalue weighted by Crippen LogP contribution is -2.30. The molecule has 2 aliphatic heterocycles. The van der Waals surface area contributed by atoms with Crippen LogP contribution in [-0.2, 0) is 12.8 Å². The molecule has 3 nitrogen and oxygen atoms in total. The van der Waals surface area contributed by atoms with E-state index in [-0.39, 0.29) is 7.59 Å². The van der Waals surface area contributed by atoms with Crippen LogP contribution in [0.15, 0.2) is 23.5 Å². The van der Waals surface area contributed by atoms with Crippen molar-refractivity contribution in [3.05, 3.63) is 45.8 Å². The van der Waals surface area contributed by atoms with Crippen molar-refractivity contribution in [3.63, 3.8) is 0 Å². The van der Waals surface area contributed by atoms with Crippen LogP contribution in [0.5, 0.6) is 0 Å². The van der Waals surface area contributed by atoms with Crippen LogP contribution in [-0.4, -0.2) is 25.0 Å². The molecule has 3 rings (SSSR count). The summed E-state index contributed by atoms with van der Waals surface area (Å²) in [5.74, 6) is 0. The third kappa shape index (κ3) is 3.72. The summed E-state index contributed by atoms with van der Waals surface area (Å²) >= 11 is 0.